The monoisotopic (exact) mass is 418 g/mol. The summed E-state index contributed by atoms with van der Waals surface area (Å²) >= 11 is 0. The second-order valence-corrected chi connectivity index (χ2v) is 6.87. The molecule has 3 rings (SSSR count). The highest BCUT2D eigenvalue weighted by Gasteiger charge is 2.19. The van der Waals surface area contributed by atoms with Crippen LogP contribution in [0.15, 0.2) is 18.3 Å². The molecule has 2 heterocycles. The minimum atomic E-state index is -0.0442. The van der Waals surface area contributed by atoms with Crippen molar-refractivity contribution in [3.05, 3.63) is 23.9 Å². The largest absolute Gasteiger partial charge is 0.378 e. The summed E-state index contributed by atoms with van der Waals surface area (Å²) in [6.45, 7) is 4.39. The first-order chi connectivity index (χ1) is 12.3. The summed E-state index contributed by atoms with van der Waals surface area (Å²) in [6.07, 6.45) is 9.64. The molecule has 154 valence electrons. The Labute approximate surface area is 174 Å². The zero-order valence-corrected chi connectivity index (χ0v) is 17.5. The Hall–Kier alpha value is -1.08. The second-order valence-electron chi connectivity index (χ2n) is 6.87. The van der Waals surface area contributed by atoms with Gasteiger partial charge in [0.1, 0.15) is 5.82 Å². The number of carbonyl (C=O) groups is 1. The third kappa shape index (κ3) is 7.45. The van der Waals surface area contributed by atoms with E-state index in [2.05, 4.69) is 20.5 Å². The third-order valence-corrected chi connectivity index (χ3v) is 5.04. The zero-order valence-electron chi connectivity index (χ0n) is 15.8. The van der Waals surface area contributed by atoms with Crippen molar-refractivity contribution < 1.29 is 9.53 Å². The summed E-state index contributed by atoms with van der Waals surface area (Å²) in [5.74, 6) is 0.720. The molecule has 1 aromatic heterocycles. The number of aromatic nitrogens is 1. The molecule has 1 aliphatic heterocycles. The molecule has 1 aliphatic carbocycles. The average molecular weight is 419 g/mol. The van der Waals surface area contributed by atoms with Crippen LogP contribution in [0.3, 0.4) is 0 Å². The van der Waals surface area contributed by atoms with Gasteiger partial charge in [0.15, 0.2) is 0 Å². The fourth-order valence-corrected chi connectivity index (χ4v) is 3.63. The van der Waals surface area contributed by atoms with E-state index < -0.39 is 0 Å². The van der Waals surface area contributed by atoms with Gasteiger partial charge in [-0.3, -0.25) is 4.79 Å². The number of hydrogen-bond acceptors (Lipinski definition) is 5. The van der Waals surface area contributed by atoms with Gasteiger partial charge in [-0.1, -0.05) is 25.7 Å². The minimum Gasteiger partial charge on any atom is -0.378 e. The zero-order chi connectivity index (χ0) is 17.3. The van der Waals surface area contributed by atoms with Crippen LogP contribution in [0.25, 0.3) is 0 Å². The van der Waals surface area contributed by atoms with Gasteiger partial charge in [0.05, 0.1) is 18.8 Å². The summed E-state index contributed by atoms with van der Waals surface area (Å²) in [5, 5.41) is 6.62. The SMILES string of the molecule is Cl.Cl.O=C(NCCNC1CCCCCC1)c1cccnc1N1CCOCC1. The van der Waals surface area contributed by atoms with E-state index in [1.807, 2.05) is 12.1 Å². The van der Waals surface area contributed by atoms with Crippen LogP contribution in [0.5, 0.6) is 0 Å². The van der Waals surface area contributed by atoms with Gasteiger partial charge < -0.3 is 20.3 Å². The van der Waals surface area contributed by atoms with E-state index >= 15 is 0 Å². The van der Waals surface area contributed by atoms with E-state index in [9.17, 15) is 4.79 Å². The Morgan fingerprint density at radius 2 is 1.81 bits per heavy atom. The summed E-state index contributed by atoms with van der Waals surface area (Å²) < 4.78 is 5.39. The smallest absolute Gasteiger partial charge is 0.255 e. The van der Waals surface area contributed by atoms with Crippen molar-refractivity contribution in [2.45, 2.75) is 44.6 Å². The fourth-order valence-electron chi connectivity index (χ4n) is 3.63. The van der Waals surface area contributed by atoms with Crippen LogP contribution in [0.2, 0.25) is 0 Å². The van der Waals surface area contributed by atoms with Gasteiger partial charge in [-0.2, -0.15) is 0 Å². The highest BCUT2D eigenvalue weighted by atomic mass is 35.5. The molecule has 0 bridgehead atoms. The minimum absolute atomic E-state index is 0. The first kappa shape index (κ1) is 24.0. The Morgan fingerprint density at radius 1 is 1.11 bits per heavy atom. The number of nitrogens with one attached hydrogen (secondary N) is 2. The van der Waals surface area contributed by atoms with Gasteiger partial charge in [0, 0.05) is 38.4 Å². The number of hydrogen-bond donors (Lipinski definition) is 2. The molecule has 27 heavy (non-hydrogen) atoms. The number of anilines is 1. The van der Waals surface area contributed by atoms with Gasteiger partial charge in [0.25, 0.3) is 5.91 Å². The number of morpholine rings is 1. The lowest BCUT2D eigenvalue weighted by Crippen LogP contribution is -2.40. The highest BCUT2D eigenvalue weighted by Crippen LogP contribution is 2.18. The number of nitrogens with zero attached hydrogens (tertiary/aromatic N) is 2. The van der Waals surface area contributed by atoms with E-state index in [0.717, 1.165) is 25.5 Å². The lowest BCUT2D eigenvalue weighted by molar-refractivity contribution is 0.0951. The topological polar surface area (TPSA) is 66.5 Å². The molecular weight excluding hydrogens is 387 g/mol. The summed E-state index contributed by atoms with van der Waals surface area (Å²) in [5.41, 5.74) is 0.652. The molecular formula is C19H32Cl2N4O2. The second kappa shape index (κ2) is 13.2. The van der Waals surface area contributed by atoms with Crippen LogP contribution in [0, 0.1) is 0 Å². The molecule has 1 amide bonds. The summed E-state index contributed by atoms with van der Waals surface area (Å²) in [4.78, 5) is 19.1. The molecule has 2 N–H and O–H groups in total. The predicted octanol–water partition coefficient (Wildman–Crippen LogP) is 2.80. The van der Waals surface area contributed by atoms with Crippen molar-refractivity contribution in [1.29, 1.82) is 0 Å². The normalized spacial score (nSPS) is 18.0. The molecule has 0 unspecified atom stereocenters. The first-order valence-corrected chi connectivity index (χ1v) is 9.64. The van der Waals surface area contributed by atoms with E-state index in [-0.39, 0.29) is 30.7 Å². The molecule has 0 atom stereocenters. The van der Waals surface area contributed by atoms with Crippen molar-refractivity contribution in [3.63, 3.8) is 0 Å². The van der Waals surface area contributed by atoms with Crippen molar-refractivity contribution in [2.24, 2.45) is 0 Å². The molecule has 6 nitrogen and oxygen atoms in total. The van der Waals surface area contributed by atoms with Crippen LogP contribution in [-0.2, 0) is 4.74 Å². The lowest BCUT2D eigenvalue weighted by Gasteiger charge is -2.29. The van der Waals surface area contributed by atoms with Crippen LogP contribution < -0.4 is 15.5 Å². The van der Waals surface area contributed by atoms with E-state index in [4.69, 9.17) is 4.74 Å². The van der Waals surface area contributed by atoms with Crippen molar-refractivity contribution in [3.8, 4) is 0 Å². The standard InChI is InChI=1S/C19H30N4O2.2ClH/c24-19(22-11-10-20-16-6-3-1-2-4-7-16)17-8-5-9-21-18(17)23-12-14-25-15-13-23;;/h5,8-9,16,20H,1-4,6-7,10-15H2,(H,22,24);2*1H. The Bertz CT molecular complexity index is 548. The fraction of sp³-hybridized carbons (Fsp3) is 0.684. The molecule has 2 aliphatic rings. The summed E-state index contributed by atoms with van der Waals surface area (Å²) in [7, 11) is 0. The van der Waals surface area contributed by atoms with Gasteiger partial charge in [-0.15, -0.1) is 24.8 Å². The van der Waals surface area contributed by atoms with Crippen molar-refractivity contribution in [2.75, 3.05) is 44.3 Å². The number of ether oxygens (including phenoxy) is 1. The Balaban J connectivity index is 0.00000182. The van der Waals surface area contributed by atoms with Crippen LogP contribution in [0.4, 0.5) is 5.82 Å². The quantitative estimate of drug-likeness (QED) is 0.549. The van der Waals surface area contributed by atoms with Crippen LogP contribution >= 0.6 is 24.8 Å². The Morgan fingerprint density at radius 3 is 2.52 bits per heavy atom. The molecule has 1 saturated heterocycles. The number of pyridine rings is 1. The summed E-state index contributed by atoms with van der Waals surface area (Å²) in [6, 6.07) is 4.29. The van der Waals surface area contributed by atoms with Gasteiger partial charge in [0.2, 0.25) is 0 Å². The van der Waals surface area contributed by atoms with E-state index in [1.54, 1.807) is 6.20 Å². The average Bonchev–Trinajstić information content (AvgIpc) is 2.94. The van der Waals surface area contributed by atoms with Crippen molar-refractivity contribution in [1.82, 2.24) is 15.6 Å². The van der Waals surface area contributed by atoms with Crippen LogP contribution in [0.1, 0.15) is 48.9 Å². The van der Waals surface area contributed by atoms with Gasteiger partial charge in [-0.25, -0.2) is 4.98 Å². The van der Waals surface area contributed by atoms with E-state index in [1.165, 1.54) is 38.5 Å². The molecule has 0 aromatic carbocycles. The maximum absolute atomic E-state index is 12.6. The number of rotatable bonds is 6. The number of carbonyl (C=O) groups excluding carboxylic acids is 1. The van der Waals surface area contributed by atoms with Crippen LogP contribution in [-0.4, -0.2) is 56.3 Å². The maximum atomic E-state index is 12.6. The molecule has 0 radical (unpaired) electrons. The first-order valence-electron chi connectivity index (χ1n) is 9.64. The highest BCUT2D eigenvalue weighted by molar-refractivity contribution is 5.98. The van der Waals surface area contributed by atoms with Gasteiger partial charge >= 0.3 is 0 Å². The maximum Gasteiger partial charge on any atom is 0.255 e. The lowest BCUT2D eigenvalue weighted by atomic mass is 10.1. The molecule has 2 fully saturated rings. The Kier molecular flexibility index (Phi) is 11.7. The number of halogens is 2. The molecule has 8 heteroatoms. The molecule has 1 saturated carbocycles. The number of amides is 1. The molecule has 0 spiro atoms. The van der Waals surface area contributed by atoms with Crippen molar-refractivity contribution >= 4 is 36.5 Å². The molecule has 1 aromatic rings. The predicted molar refractivity (Wildman–Crippen MR) is 114 cm³/mol. The van der Waals surface area contributed by atoms with Gasteiger partial charge in [-0.05, 0) is 25.0 Å². The third-order valence-electron chi connectivity index (χ3n) is 5.04. The van der Waals surface area contributed by atoms with E-state index in [0.29, 0.717) is 31.4 Å².